The van der Waals surface area contributed by atoms with Gasteiger partial charge in [-0.15, -0.1) is 0 Å². The van der Waals surface area contributed by atoms with E-state index in [2.05, 4.69) is 20.2 Å². The third-order valence-electron chi connectivity index (χ3n) is 2.55. The first-order valence-electron chi connectivity index (χ1n) is 5.46. The molecule has 2 aromatic rings. The zero-order chi connectivity index (χ0) is 13.9. The molecule has 19 heavy (non-hydrogen) atoms. The highest BCUT2D eigenvalue weighted by Gasteiger charge is 2.18. The highest BCUT2D eigenvalue weighted by atomic mass is 32.2. The molecule has 1 heterocycles. The summed E-state index contributed by atoms with van der Waals surface area (Å²) < 4.78 is 26.7. The Morgan fingerprint density at radius 1 is 1.42 bits per heavy atom. The van der Waals surface area contributed by atoms with E-state index in [-0.39, 0.29) is 4.90 Å². The fraction of sp³-hybridized carbons (Fsp3) is 0.0909. The SMILES string of the molecule is CNc1c(C=[NH2+])cccc1NS(=O)(=O)c1cn[nH]c1. The van der Waals surface area contributed by atoms with Crippen LogP contribution in [0.4, 0.5) is 11.4 Å². The molecule has 0 spiro atoms. The number of nitrogens with one attached hydrogen (secondary N) is 3. The van der Waals surface area contributed by atoms with Crippen molar-refractivity contribution in [2.75, 3.05) is 17.1 Å². The number of anilines is 2. The van der Waals surface area contributed by atoms with Crippen LogP contribution >= 0.6 is 0 Å². The zero-order valence-corrected chi connectivity index (χ0v) is 11.0. The molecule has 0 saturated carbocycles. The lowest BCUT2D eigenvalue weighted by Gasteiger charge is -2.12. The van der Waals surface area contributed by atoms with Gasteiger partial charge in [-0.2, -0.15) is 5.10 Å². The van der Waals surface area contributed by atoms with Gasteiger partial charge in [0.1, 0.15) is 4.90 Å². The van der Waals surface area contributed by atoms with Crippen molar-refractivity contribution < 1.29 is 13.8 Å². The first-order valence-corrected chi connectivity index (χ1v) is 6.94. The molecule has 0 radical (unpaired) electrons. The van der Waals surface area contributed by atoms with Gasteiger partial charge in [0, 0.05) is 13.2 Å². The molecule has 5 N–H and O–H groups in total. The van der Waals surface area contributed by atoms with Crippen molar-refractivity contribution in [2.24, 2.45) is 0 Å². The van der Waals surface area contributed by atoms with Crippen LogP contribution in [0.15, 0.2) is 35.5 Å². The number of para-hydroxylation sites is 1. The van der Waals surface area contributed by atoms with Crippen LogP contribution in [0.3, 0.4) is 0 Å². The minimum absolute atomic E-state index is 0.0664. The van der Waals surface area contributed by atoms with E-state index in [1.54, 1.807) is 25.2 Å². The minimum atomic E-state index is -3.67. The van der Waals surface area contributed by atoms with Gasteiger partial charge in [0.15, 0.2) is 6.21 Å². The van der Waals surface area contributed by atoms with Crippen LogP contribution in [0.25, 0.3) is 0 Å². The van der Waals surface area contributed by atoms with E-state index in [9.17, 15) is 8.42 Å². The molecule has 7 nitrogen and oxygen atoms in total. The lowest BCUT2D eigenvalue weighted by molar-refractivity contribution is -0.104. The van der Waals surface area contributed by atoms with E-state index >= 15 is 0 Å². The van der Waals surface area contributed by atoms with Gasteiger partial charge >= 0.3 is 0 Å². The van der Waals surface area contributed by atoms with Gasteiger partial charge in [0.2, 0.25) is 0 Å². The molecule has 8 heteroatoms. The number of H-pyrrole nitrogens is 1. The standard InChI is InChI=1S/C11H13N5O2S/c1-13-11-8(5-12)3-2-4-10(11)16-19(17,18)9-6-14-15-7-9/h2-7,12-13,16H,1H3,(H,14,15)/p+1. The lowest BCUT2D eigenvalue weighted by atomic mass is 10.1. The Morgan fingerprint density at radius 3 is 2.79 bits per heavy atom. The van der Waals surface area contributed by atoms with Gasteiger partial charge in [0.25, 0.3) is 10.0 Å². The summed E-state index contributed by atoms with van der Waals surface area (Å²) in [5.74, 6) is 0. The number of hydrogen-bond donors (Lipinski definition) is 4. The van der Waals surface area contributed by atoms with Gasteiger partial charge in [-0.25, -0.2) is 8.42 Å². The summed E-state index contributed by atoms with van der Waals surface area (Å²) in [5, 5.41) is 14.5. The lowest BCUT2D eigenvalue weighted by Crippen LogP contribution is -2.30. The van der Waals surface area contributed by atoms with Crippen molar-refractivity contribution in [3.63, 3.8) is 0 Å². The van der Waals surface area contributed by atoms with Crippen LogP contribution in [0.1, 0.15) is 5.56 Å². The van der Waals surface area contributed by atoms with Crippen molar-refractivity contribution in [1.82, 2.24) is 10.2 Å². The van der Waals surface area contributed by atoms with E-state index in [0.717, 1.165) is 0 Å². The Kier molecular flexibility index (Phi) is 3.52. The minimum Gasteiger partial charge on any atom is -0.386 e. The van der Waals surface area contributed by atoms with Crippen LogP contribution in [0, 0.1) is 0 Å². The molecule has 0 unspecified atom stereocenters. The zero-order valence-electron chi connectivity index (χ0n) is 10.2. The molecule has 0 bridgehead atoms. The van der Waals surface area contributed by atoms with E-state index in [0.29, 0.717) is 16.9 Å². The molecule has 1 aromatic carbocycles. The third-order valence-corrected chi connectivity index (χ3v) is 3.89. The topological polar surface area (TPSA) is 112 Å². The summed E-state index contributed by atoms with van der Waals surface area (Å²) >= 11 is 0. The number of aromatic nitrogens is 2. The molecule has 0 atom stereocenters. The number of nitrogens with two attached hydrogens (primary N) is 1. The Bertz CT molecular complexity index is 679. The fourth-order valence-electron chi connectivity index (χ4n) is 1.66. The van der Waals surface area contributed by atoms with Gasteiger partial charge in [-0.1, -0.05) is 6.07 Å². The normalized spacial score (nSPS) is 11.0. The van der Waals surface area contributed by atoms with Crippen molar-refractivity contribution in [2.45, 2.75) is 4.90 Å². The van der Waals surface area contributed by atoms with E-state index in [1.807, 2.05) is 0 Å². The Labute approximate surface area is 110 Å². The molecule has 2 rings (SSSR count). The van der Waals surface area contributed by atoms with Gasteiger partial charge in [0.05, 0.1) is 23.1 Å². The molecular weight excluding hydrogens is 266 g/mol. The molecule has 0 fully saturated rings. The van der Waals surface area contributed by atoms with Crippen molar-refractivity contribution >= 4 is 27.6 Å². The molecule has 0 amide bonds. The summed E-state index contributed by atoms with van der Waals surface area (Å²) in [5.41, 5.74) is 1.73. The summed E-state index contributed by atoms with van der Waals surface area (Å²) in [4.78, 5) is 0.0664. The predicted molar refractivity (Wildman–Crippen MR) is 72.5 cm³/mol. The highest BCUT2D eigenvalue weighted by Crippen LogP contribution is 2.26. The summed E-state index contributed by atoms with van der Waals surface area (Å²) in [7, 11) is -1.97. The second kappa shape index (κ2) is 5.11. The van der Waals surface area contributed by atoms with E-state index in [1.165, 1.54) is 18.6 Å². The fourth-order valence-corrected chi connectivity index (χ4v) is 2.64. The molecule has 1 aromatic heterocycles. The maximum Gasteiger partial charge on any atom is 0.265 e. The van der Waals surface area contributed by atoms with Gasteiger partial charge in [-0.3, -0.25) is 15.2 Å². The number of rotatable bonds is 5. The van der Waals surface area contributed by atoms with Crippen LogP contribution in [0.5, 0.6) is 0 Å². The number of aromatic amines is 1. The number of sulfonamides is 1. The summed E-state index contributed by atoms with van der Waals surface area (Å²) in [6.07, 6.45) is 3.95. The quantitative estimate of drug-likeness (QED) is 0.549. The average Bonchev–Trinajstić information content (AvgIpc) is 2.92. The van der Waals surface area contributed by atoms with Gasteiger partial charge in [-0.05, 0) is 12.1 Å². The third kappa shape index (κ3) is 2.58. The Hall–Kier alpha value is -2.35. The first kappa shape index (κ1) is 13.1. The molecular formula is C11H14N5O2S+. The molecule has 0 aliphatic rings. The second-order valence-electron chi connectivity index (χ2n) is 3.73. The van der Waals surface area contributed by atoms with E-state index in [4.69, 9.17) is 5.41 Å². The summed E-state index contributed by atoms with van der Waals surface area (Å²) in [6.45, 7) is 0. The molecule has 0 aliphatic heterocycles. The van der Waals surface area contributed by atoms with Crippen molar-refractivity contribution in [3.8, 4) is 0 Å². The number of hydrogen-bond acceptors (Lipinski definition) is 4. The molecule has 0 aliphatic carbocycles. The smallest absolute Gasteiger partial charge is 0.265 e. The van der Waals surface area contributed by atoms with Crippen molar-refractivity contribution in [1.29, 1.82) is 0 Å². The number of nitrogens with zero attached hydrogens (tertiary/aromatic N) is 1. The molecule has 0 saturated heterocycles. The summed E-state index contributed by atoms with van der Waals surface area (Å²) in [6, 6.07) is 5.14. The highest BCUT2D eigenvalue weighted by molar-refractivity contribution is 7.92. The van der Waals surface area contributed by atoms with Crippen LogP contribution in [-0.2, 0) is 10.0 Å². The monoisotopic (exact) mass is 280 g/mol. The van der Waals surface area contributed by atoms with Crippen LogP contribution in [-0.4, -0.2) is 31.9 Å². The van der Waals surface area contributed by atoms with Crippen molar-refractivity contribution in [3.05, 3.63) is 36.2 Å². The Morgan fingerprint density at radius 2 is 2.21 bits per heavy atom. The Balaban J connectivity index is 2.42. The van der Waals surface area contributed by atoms with E-state index < -0.39 is 10.0 Å². The maximum absolute atomic E-state index is 12.1. The largest absolute Gasteiger partial charge is 0.386 e. The predicted octanol–water partition coefficient (Wildman–Crippen LogP) is -0.570. The second-order valence-corrected chi connectivity index (χ2v) is 5.41. The number of benzene rings is 1. The van der Waals surface area contributed by atoms with Gasteiger partial charge < -0.3 is 5.32 Å². The first-order chi connectivity index (χ1) is 9.08. The average molecular weight is 280 g/mol. The van der Waals surface area contributed by atoms with Crippen LogP contribution < -0.4 is 15.4 Å². The maximum atomic E-state index is 12.1. The van der Waals surface area contributed by atoms with Crippen LogP contribution in [0.2, 0.25) is 0 Å². The molecule has 100 valence electrons.